The Morgan fingerprint density at radius 1 is 1.19 bits per heavy atom. The maximum atomic E-state index is 13.7. The molecule has 4 rings (SSSR count). The standard InChI is InChI=1S/C23H21FN4O3/c1-14-9-15(4-6-19(14)24)22-18(3-2-8-25-22)16-5-7-21-26-11-20(28(21)12-16)23(31)27-10-17(30)13-29/h2-9,11-12,17,29-30H,10,13H2,1H3,(H,27,31). The molecule has 4 aromatic rings. The van der Waals surface area contributed by atoms with Crippen molar-refractivity contribution in [2.75, 3.05) is 13.2 Å². The molecule has 158 valence electrons. The highest BCUT2D eigenvalue weighted by Crippen LogP contribution is 2.31. The molecule has 0 fully saturated rings. The molecule has 0 bridgehead atoms. The zero-order valence-corrected chi connectivity index (χ0v) is 16.8. The quantitative estimate of drug-likeness (QED) is 0.445. The highest BCUT2D eigenvalue weighted by Gasteiger charge is 2.16. The van der Waals surface area contributed by atoms with Crippen LogP contribution in [0.4, 0.5) is 4.39 Å². The number of imidazole rings is 1. The fourth-order valence-corrected chi connectivity index (χ4v) is 3.33. The van der Waals surface area contributed by atoms with E-state index in [0.717, 1.165) is 16.7 Å². The van der Waals surface area contributed by atoms with Gasteiger partial charge in [-0.1, -0.05) is 6.07 Å². The predicted octanol–water partition coefficient (Wildman–Crippen LogP) is 2.59. The predicted molar refractivity (Wildman–Crippen MR) is 114 cm³/mol. The molecule has 0 spiro atoms. The van der Waals surface area contributed by atoms with E-state index in [9.17, 15) is 14.3 Å². The van der Waals surface area contributed by atoms with Crippen LogP contribution in [-0.2, 0) is 0 Å². The van der Waals surface area contributed by atoms with Gasteiger partial charge in [-0.2, -0.15) is 0 Å². The van der Waals surface area contributed by atoms with Gasteiger partial charge in [0, 0.05) is 35.6 Å². The number of aromatic nitrogens is 3. The summed E-state index contributed by atoms with van der Waals surface area (Å²) in [5.74, 6) is -0.694. The number of carbonyl (C=O) groups is 1. The number of hydrogen-bond acceptors (Lipinski definition) is 5. The molecule has 1 amide bonds. The van der Waals surface area contributed by atoms with Crippen LogP contribution in [0.3, 0.4) is 0 Å². The lowest BCUT2D eigenvalue weighted by Gasteiger charge is -2.12. The molecular formula is C23H21FN4O3. The number of aryl methyl sites for hydroxylation is 1. The van der Waals surface area contributed by atoms with Crippen molar-refractivity contribution in [3.63, 3.8) is 0 Å². The third-order valence-electron chi connectivity index (χ3n) is 5.00. The minimum Gasteiger partial charge on any atom is -0.394 e. The summed E-state index contributed by atoms with van der Waals surface area (Å²) >= 11 is 0. The third-order valence-corrected chi connectivity index (χ3v) is 5.00. The summed E-state index contributed by atoms with van der Waals surface area (Å²) < 4.78 is 15.4. The van der Waals surface area contributed by atoms with E-state index in [1.165, 1.54) is 12.3 Å². The average Bonchev–Trinajstić information content (AvgIpc) is 3.22. The molecule has 3 aromatic heterocycles. The minimum absolute atomic E-state index is 0.0705. The van der Waals surface area contributed by atoms with Gasteiger partial charge in [0.1, 0.15) is 17.2 Å². The summed E-state index contributed by atoms with van der Waals surface area (Å²) in [6.45, 7) is 1.20. The molecule has 0 saturated carbocycles. The molecule has 1 unspecified atom stereocenters. The van der Waals surface area contributed by atoms with Gasteiger partial charge in [-0.05, 0) is 48.9 Å². The number of pyridine rings is 2. The number of aliphatic hydroxyl groups excluding tert-OH is 2. The number of aliphatic hydroxyl groups is 2. The fourth-order valence-electron chi connectivity index (χ4n) is 3.33. The Kier molecular flexibility index (Phi) is 5.75. The molecule has 8 heteroatoms. The van der Waals surface area contributed by atoms with E-state index >= 15 is 0 Å². The number of nitrogens with one attached hydrogen (secondary N) is 1. The molecule has 31 heavy (non-hydrogen) atoms. The van der Waals surface area contributed by atoms with Crippen LogP contribution in [0.2, 0.25) is 0 Å². The maximum Gasteiger partial charge on any atom is 0.270 e. The molecule has 3 heterocycles. The Hall–Kier alpha value is -3.62. The van der Waals surface area contributed by atoms with Gasteiger partial charge in [0.2, 0.25) is 0 Å². The third kappa shape index (κ3) is 4.16. The number of fused-ring (bicyclic) bond motifs is 1. The molecule has 0 radical (unpaired) electrons. The van der Waals surface area contributed by atoms with Crippen molar-refractivity contribution in [1.82, 2.24) is 19.7 Å². The topological polar surface area (TPSA) is 99.8 Å². The van der Waals surface area contributed by atoms with Gasteiger partial charge in [0.25, 0.3) is 5.91 Å². The Labute approximate surface area is 177 Å². The van der Waals surface area contributed by atoms with Crippen LogP contribution in [0.5, 0.6) is 0 Å². The van der Waals surface area contributed by atoms with Crippen molar-refractivity contribution in [3.05, 3.63) is 78.1 Å². The van der Waals surface area contributed by atoms with Gasteiger partial charge in [-0.3, -0.25) is 14.2 Å². The van der Waals surface area contributed by atoms with E-state index in [0.29, 0.717) is 22.6 Å². The molecule has 3 N–H and O–H groups in total. The molecule has 1 atom stereocenters. The second-order valence-electron chi connectivity index (χ2n) is 7.20. The van der Waals surface area contributed by atoms with Crippen molar-refractivity contribution in [1.29, 1.82) is 0 Å². The van der Waals surface area contributed by atoms with Gasteiger partial charge in [-0.15, -0.1) is 0 Å². The molecule has 0 saturated heterocycles. The van der Waals surface area contributed by atoms with E-state index in [-0.39, 0.29) is 12.4 Å². The second-order valence-corrected chi connectivity index (χ2v) is 7.20. The fraction of sp³-hybridized carbons (Fsp3) is 0.174. The number of rotatable bonds is 6. The second kappa shape index (κ2) is 8.63. The summed E-state index contributed by atoms with van der Waals surface area (Å²) in [7, 11) is 0. The van der Waals surface area contributed by atoms with Gasteiger partial charge >= 0.3 is 0 Å². The molecule has 7 nitrogen and oxygen atoms in total. The van der Waals surface area contributed by atoms with Crippen molar-refractivity contribution < 1.29 is 19.4 Å². The minimum atomic E-state index is -1.03. The van der Waals surface area contributed by atoms with Crippen LogP contribution in [0.1, 0.15) is 16.1 Å². The summed E-state index contributed by atoms with van der Waals surface area (Å²) in [4.78, 5) is 21.3. The first kappa shape index (κ1) is 20.6. The van der Waals surface area contributed by atoms with E-state index < -0.39 is 18.6 Å². The van der Waals surface area contributed by atoms with Crippen LogP contribution < -0.4 is 5.32 Å². The lowest BCUT2D eigenvalue weighted by atomic mass is 9.99. The van der Waals surface area contributed by atoms with Crippen LogP contribution >= 0.6 is 0 Å². The van der Waals surface area contributed by atoms with E-state index in [1.54, 1.807) is 41.9 Å². The van der Waals surface area contributed by atoms with Crippen molar-refractivity contribution in [2.24, 2.45) is 0 Å². The summed E-state index contributed by atoms with van der Waals surface area (Å²) in [5.41, 5.74) is 4.53. The van der Waals surface area contributed by atoms with E-state index in [2.05, 4.69) is 15.3 Å². The maximum absolute atomic E-state index is 13.7. The lowest BCUT2D eigenvalue weighted by Crippen LogP contribution is -2.34. The highest BCUT2D eigenvalue weighted by molar-refractivity contribution is 5.93. The van der Waals surface area contributed by atoms with Crippen molar-refractivity contribution in [3.8, 4) is 22.4 Å². The van der Waals surface area contributed by atoms with E-state index in [4.69, 9.17) is 5.11 Å². The van der Waals surface area contributed by atoms with Gasteiger partial charge in [-0.25, -0.2) is 9.37 Å². The number of halogens is 1. The number of benzene rings is 1. The smallest absolute Gasteiger partial charge is 0.270 e. The molecule has 0 aliphatic heterocycles. The van der Waals surface area contributed by atoms with Crippen molar-refractivity contribution >= 4 is 11.6 Å². The lowest BCUT2D eigenvalue weighted by molar-refractivity contribution is 0.0798. The first-order valence-corrected chi connectivity index (χ1v) is 9.74. The molecular weight excluding hydrogens is 399 g/mol. The van der Waals surface area contributed by atoms with Crippen LogP contribution in [0, 0.1) is 12.7 Å². The van der Waals surface area contributed by atoms with Crippen LogP contribution in [-0.4, -0.2) is 49.7 Å². The van der Waals surface area contributed by atoms with Crippen LogP contribution in [0.25, 0.3) is 28.0 Å². The summed E-state index contributed by atoms with van der Waals surface area (Å²) in [6, 6.07) is 12.3. The monoisotopic (exact) mass is 420 g/mol. The zero-order valence-electron chi connectivity index (χ0n) is 16.8. The number of nitrogens with zero attached hydrogens (tertiary/aromatic N) is 3. The SMILES string of the molecule is Cc1cc(-c2ncccc2-c2ccc3ncc(C(=O)NCC(O)CO)n3c2)ccc1F. The number of amides is 1. The number of hydrogen-bond donors (Lipinski definition) is 3. The number of carbonyl (C=O) groups excluding carboxylic acids is 1. The summed E-state index contributed by atoms with van der Waals surface area (Å²) in [6.07, 6.45) is 3.89. The van der Waals surface area contributed by atoms with Crippen LogP contribution in [0.15, 0.2) is 61.1 Å². The Morgan fingerprint density at radius 2 is 2.00 bits per heavy atom. The van der Waals surface area contributed by atoms with Gasteiger partial charge in [0.05, 0.1) is 24.6 Å². The molecule has 0 aliphatic carbocycles. The van der Waals surface area contributed by atoms with E-state index in [1.807, 2.05) is 18.2 Å². The summed E-state index contributed by atoms with van der Waals surface area (Å²) in [5, 5.41) is 21.0. The normalized spacial score (nSPS) is 12.1. The first-order valence-electron chi connectivity index (χ1n) is 9.74. The zero-order chi connectivity index (χ0) is 22.0. The highest BCUT2D eigenvalue weighted by atomic mass is 19.1. The average molecular weight is 420 g/mol. The Bertz CT molecular complexity index is 1250. The Morgan fingerprint density at radius 3 is 2.77 bits per heavy atom. The first-order chi connectivity index (χ1) is 15.0. The van der Waals surface area contributed by atoms with Gasteiger partial charge in [0.15, 0.2) is 0 Å². The Balaban J connectivity index is 1.74. The molecule has 0 aliphatic rings. The largest absolute Gasteiger partial charge is 0.394 e. The van der Waals surface area contributed by atoms with Gasteiger partial charge < -0.3 is 15.5 Å². The molecule has 1 aromatic carbocycles. The van der Waals surface area contributed by atoms with Crippen molar-refractivity contribution in [2.45, 2.75) is 13.0 Å².